The number of hydrogen-bond acceptors (Lipinski definition) is 2. The fourth-order valence-corrected chi connectivity index (χ4v) is 2.14. The zero-order valence-corrected chi connectivity index (χ0v) is 11.0. The molecule has 0 amide bonds. The summed E-state index contributed by atoms with van der Waals surface area (Å²) in [6.07, 6.45) is 4.15. The Morgan fingerprint density at radius 3 is 2.29 bits per heavy atom. The van der Waals surface area contributed by atoms with E-state index in [0.717, 1.165) is 25.7 Å². The van der Waals surface area contributed by atoms with E-state index >= 15 is 0 Å². The van der Waals surface area contributed by atoms with Crippen LogP contribution in [0.4, 0.5) is 0 Å². The summed E-state index contributed by atoms with van der Waals surface area (Å²) in [6, 6.07) is 11.5. The number of rotatable bonds is 8. The molecule has 0 spiro atoms. The number of aliphatic hydroxyl groups excluding tert-OH is 1. The summed E-state index contributed by atoms with van der Waals surface area (Å²) in [4.78, 5) is 0. The van der Waals surface area contributed by atoms with Crippen LogP contribution in [-0.4, -0.2) is 17.8 Å². The zero-order valence-electron chi connectivity index (χ0n) is 11.0. The van der Waals surface area contributed by atoms with Crippen LogP contribution in [0.2, 0.25) is 0 Å². The van der Waals surface area contributed by atoms with Crippen molar-refractivity contribution in [3.8, 4) is 0 Å². The van der Waals surface area contributed by atoms with Crippen molar-refractivity contribution in [3.05, 3.63) is 35.9 Å². The minimum atomic E-state index is 0.272. The highest BCUT2D eigenvalue weighted by Gasteiger charge is 2.14. The highest BCUT2D eigenvalue weighted by molar-refractivity contribution is 5.19. The predicted octanol–water partition coefficient (Wildman–Crippen LogP) is 3.28. The topological polar surface area (TPSA) is 32.3 Å². The van der Waals surface area contributed by atoms with E-state index in [1.807, 2.05) is 6.07 Å². The van der Waals surface area contributed by atoms with E-state index in [9.17, 15) is 0 Å². The summed E-state index contributed by atoms with van der Waals surface area (Å²) < 4.78 is 0. The molecule has 2 N–H and O–H groups in total. The first-order valence-electron chi connectivity index (χ1n) is 6.73. The second-order valence-electron chi connectivity index (χ2n) is 4.51. The van der Waals surface area contributed by atoms with Crippen molar-refractivity contribution in [2.75, 3.05) is 6.61 Å². The van der Waals surface area contributed by atoms with Crippen molar-refractivity contribution in [2.45, 2.75) is 51.6 Å². The van der Waals surface area contributed by atoms with Crippen molar-refractivity contribution in [1.29, 1.82) is 0 Å². The molecule has 0 aliphatic rings. The molecule has 0 saturated carbocycles. The van der Waals surface area contributed by atoms with Gasteiger partial charge in [-0.2, -0.15) is 0 Å². The Kier molecular flexibility index (Phi) is 6.90. The van der Waals surface area contributed by atoms with Gasteiger partial charge in [0, 0.05) is 18.7 Å². The highest BCUT2D eigenvalue weighted by atomic mass is 16.2. The Morgan fingerprint density at radius 2 is 1.76 bits per heavy atom. The molecule has 1 aromatic carbocycles. The van der Waals surface area contributed by atoms with Crippen molar-refractivity contribution < 1.29 is 5.11 Å². The van der Waals surface area contributed by atoms with Gasteiger partial charge in [0.25, 0.3) is 0 Å². The van der Waals surface area contributed by atoms with Gasteiger partial charge < -0.3 is 10.4 Å². The SMILES string of the molecule is CCC(CC)NC(CCCO)c1ccccc1. The molecule has 0 aromatic heterocycles. The lowest BCUT2D eigenvalue weighted by atomic mass is 10.00. The molecular weight excluding hydrogens is 210 g/mol. The van der Waals surface area contributed by atoms with Crippen LogP contribution >= 0.6 is 0 Å². The van der Waals surface area contributed by atoms with Crippen LogP contribution in [-0.2, 0) is 0 Å². The third-order valence-electron chi connectivity index (χ3n) is 3.28. The van der Waals surface area contributed by atoms with Crippen LogP contribution < -0.4 is 5.32 Å². The first-order valence-corrected chi connectivity index (χ1v) is 6.73. The smallest absolute Gasteiger partial charge is 0.0431 e. The molecule has 1 rings (SSSR count). The van der Waals surface area contributed by atoms with Crippen LogP contribution in [0.25, 0.3) is 0 Å². The quantitative estimate of drug-likeness (QED) is 0.724. The van der Waals surface area contributed by atoms with E-state index in [1.54, 1.807) is 0 Å². The molecule has 0 aliphatic carbocycles. The summed E-state index contributed by atoms with van der Waals surface area (Å²) in [5, 5.41) is 12.7. The maximum atomic E-state index is 8.98. The molecule has 0 saturated heterocycles. The van der Waals surface area contributed by atoms with Crippen LogP contribution in [0.5, 0.6) is 0 Å². The summed E-state index contributed by atoms with van der Waals surface area (Å²) in [6.45, 7) is 4.71. The maximum absolute atomic E-state index is 8.98. The predicted molar refractivity (Wildman–Crippen MR) is 73.0 cm³/mol. The Bertz CT molecular complexity index is 282. The second-order valence-corrected chi connectivity index (χ2v) is 4.51. The molecule has 1 aromatic rings. The molecule has 1 unspecified atom stereocenters. The summed E-state index contributed by atoms with van der Waals surface area (Å²) in [7, 11) is 0. The van der Waals surface area contributed by atoms with Crippen LogP contribution in [0.3, 0.4) is 0 Å². The van der Waals surface area contributed by atoms with Gasteiger partial charge in [-0.1, -0.05) is 44.2 Å². The Hall–Kier alpha value is -0.860. The molecule has 1 atom stereocenters. The molecule has 2 nitrogen and oxygen atoms in total. The summed E-state index contributed by atoms with van der Waals surface area (Å²) >= 11 is 0. The molecule has 0 fully saturated rings. The Balaban J connectivity index is 2.66. The Morgan fingerprint density at radius 1 is 1.12 bits per heavy atom. The van der Waals surface area contributed by atoms with Gasteiger partial charge in [0.2, 0.25) is 0 Å². The second kappa shape index (κ2) is 8.26. The number of aliphatic hydroxyl groups is 1. The molecule has 0 heterocycles. The van der Waals surface area contributed by atoms with Gasteiger partial charge in [0.05, 0.1) is 0 Å². The van der Waals surface area contributed by atoms with Gasteiger partial charge in [-0.3, -0.25) is 0 Å². The number of hydrogen-bond donors (Lipinski definition) is 2. The molecular formula is C15H25NO. The monoisotopic (exact) mass is 235 g/mol. The maximum Gasteiger partial charge on any atom is 0.0431 e. The molecule has 2 heteroatoms. The van der Waals surface area contributed by atoms with Gasteiger partial charge in [-0.05, 0) is 31.2 Å². The van der Waals surface area contributed by atoms with Crippen molar-refractivity contribution in [2.24, 2.45) is 0 Å². The third-order valence-corrected chi connectivity index (χ3v) is 3.28. The van der Waals surface area contributed by atoms with Crippen molar-refractivity contribution >= 4 is 0 Å². The minimum absolute atomic E-state index is 0.272. The minimum Gasteiger partial charge on any atom is -0.396 e. The van der Waals surface area contributed by atoms with Gasteiger partial charge in [-0.15, -0.1) is 0 Å². The largest absolute Gasteiger partial charge is 0.396 e. The lowest BCUT2D eigenvalue weighted by Gasteiger charge is -2.24. The fraction of sp³-hybridized carbons (Fsp3) is 0.600. The van der Waals surface area contributed by atoms with E-state index in [-0.39, 0.29) is 6.61 Å². The highest BCUT2D eigenvalue weighted by Crippen LogP contribution is 2.19. The van der Waals surface area contributed by atoms with Gasteiger partial charge >= 0.3 is 0 Å². The number of nitrogens with one attached hydrogen (secondary N) is 1. The molecule has 0 radical (unpaired) electrons. The normalized spacial score (nSPS) is 12.9. The summed E-state index contributed by atoms with van der Waals surface area (Å²) in [5.41, 5.74) is 1.33. The average Bonchev–Trinajstić information content (AvgIpc) is 2.40. The first-order chi connectivity index (χ1) is 8.31. The fourth-order valence-electron chi connectivity index (χ4n) is 2.14. The van der Waals surface area contributed by atoms with E-state index < -0.39 is 0 Å². The standard InChI is InChI=1S/C15H25NO/c1-3-14(4-2)16-15(11-8-12-17)13-9-6-5-7-10-13/h5-7,9-10,14-17H,3-4,8,11-12H2,1-2H3. The van der Waals surface area contributed by atoms with Crippen LogP contribution in [0.1, 0.15) is 51.1 Å². The van der Waals surface area contributed by atoms with Crippen molar-refractivity contribution in [1.82, 2.24) is 5.32 Å². The molecule has 0 aliphatic heterocycles. The van der Waals surface area contributed by atoms with Gasteiger partial charge in [-0.25, -0.2) is 0 Å². The average molecular weight is 235 g/mol. The van der Waals surface area contributed by atoms with Crippen molar-refractivity contribution in [3.63, 3.8) is 0 Å². The lowest BCUT2D eigenvalue weighted by Crippen LogP contribution is -2.32. The van der Waals surface area contributed by atoms with E-state index in [1.165, 1.54) is 5.56 Å². The molecule has 0 bridgehead atoms. The lowest BCUT2D eigenvalue weighted by molar-refractivity contribution is 0.270. The van der Waals surface area contributed by atoms with Crippen LogP contribution in [0.15, 0.2) is 30.3 Å². The van der Waals surface area contributed by atoms with Gasteiger partial charge in [0.15, 0.2) is 0 Å². The third kappa shape index (κ3) is 4.88. The van der Waals surface area contributed by atoms with Gasteiger partial charge in [0.1, 0.15) is 0 Å². The summed E-state index contributed by atoms with van der Waals surface area (Å²) in [5.74, 6) is 0. The first kappa shape index (κ1) is 14.2. The Labute approximate surface area is 105 Å². The zero-order chi connectivity index (χ0) is 12.5. The van der Waals surface area contributed by atoms with Crippen LogP contribution in [0, 0.1) is 0 Å². The van der Waals surface area contributed by atoms with E-state index in [4.69, 9.17) is 5.11 Å². The number of benzene rings is 1. The van der Waals surface area contributed by atoms with E-state index in [0.29, 0.717) is 12.1 Å². The molecule has 17 heavy (non-hydrogen) atoms. The van der Waals surface area contributed by atoms with E-state index in [2.05, 4.69) is 43.4 Å². The molecule has 96 valence electrons.